The van der Waals surface area contributed by atoms with E-state index in [4.69, 9.17) is 11.6 Å². The maximum absolute atomic E-state index is 13.2. The molecule has 2 aromatic rings. The van der Waals surface area contributed by atoms with Gasteiger partial charge < -0.3 is 4.90 Å². The number of halogens is 2. The summed E-state index contributed by atoms with van der Waals surface area (Å²) in [5.41, 5.74) is 0. The van der Waals surface area contributed by atoms with E-state index in [1.807, 2.05) is 0 Å². The van der Waals surface area contributed by atoms with Crippen LogP contribution in [0.1, 0.15) is 19.3 Å². The molecule has 7 nitrogen and oxygen atoms in total. The fourth-order valence-electron chi connectivity index (χ4n) is 3.40. The normalized spacial score (nSPS) is 15.7. The highest BCUT2D eigenvalue weighted by atomic mass is 35.5. The van der Waals surface area contributed by atoms with E-state index in [0.29, 0.717) is 12.8 Å². The van der Waals surface area contributed by atoms with Crippen molar-refractivity contribution in [2.75, 3.05) is 19.6 Å². The number of carbonyl (C=O) groups is 1. The number of piperidine rings is 1. The molecule has 1 saturated heterocycles. The smallest absolute Gasteiger partial charge is 0.240 e. The number of amides is 1. The first-order valence-electron chi connectivity index (χ1n) is 9.63. The minimum atomic E-state index is -3.94. The third kappa shape index (κ3) is 5.62. The maximum atomic E-state index is 13.2. The topological polar surface area (TPSA) is 101 Å². The molecular weight excluding hydrogens is 467 g/mol. The number of sulfone groups is 1. The molecule has 1 amide bonds. The Morgan fingerprint density at radius 1 is 1.03 bits per heavy atom. The SMILES string of the molecule is O=C(CCNS(=O)(=O)c1ccc(F)c(Cl)c1)N1CCC(S(=O)(=O)c2ccccc2)CC1. The summed E-state index contributed by atoms with van der Waals surface area (Å²) in [6.45, 7) is 0.435. The van der Waals surface area contributed by atoms with E-state index in [9.17, 15) is 26.0 Å². The molecule has 3 rings (SSSR count). The molecule has 11 heteroatoms. The molecule has 1 heterocycles. The highest BCUT2D eigenvalue weighted by molar-refractivity contribution is 7.92. The largest absolute Gasteiger partial charge is 0.343 e. The van der Waals surface area contributed by atoms with Gasteiger partial charge in [0.25, 0.3) is 0 Å². The first-order chi connectivity index (χ1) is 14.6. The number of hydrogen-bond acceptors (Lipinski definition) is 5. The van der Waals surface area contributed by atoms with Crippen molar-refractivity contribution in [2.24, 2.45) is 0 Å². The van der Waals surface area contributed by atoms with Crippen LogP contribution in [0.5, 0.6) is 0 Å². The van der Waals surface area contributed by atoms with E-state index in [1.165, 1.54) is 0 Å². The number of carbonyl (C=O) groups excluding carboxylic acids is 1. The van der Waals surface area contributed by atoms with Gasteiger partial charge in [0.05, 0.1) is 20.1 Å². The van der Waals surface area contributed by atoms with Gasteiger partial charge in [-0.25, -0.2) is 25.9 Å². The average Bonchev–Trinajstić information content (AvgIpc) is 2.76. The average molecular weight is 489 g/mol. The molecule has 0 bridgehead atoms. The minimum Gasteiger partial charge on any atom is -0.343 e. The Hall–Kier alpha value is -2.01. The van der Waals surface area contributed by atoms with Crippen LogP contribution < -0.4 is 4.72 Å². The fourth-order valence-corrected chi connectivity index (χ4v) is 6.45. The van der Waals surface area contributed by atoms with E-state index in [1.54, 1.807) is 35.2 Å². The molecule has 0 unspecified atom stereocenters. The highest BCUT2D eigenvalue weighted by Crippen LogP contribution is 2.25. The fraction of sp³-hybridized carbons (Fsp3) is 0.350. The summed E-state index contributed by atoms with van der Waals surface area (Å²) in [6.07, 6.45) is 0.565. The molecule has 168 valence electrons. The molecule has 1 N–H and O–H groups in total. The molecule has 1 aliphatic heterocycles. The molecule has 0 atom stereocenters. The summed E-state index contributed by atoms with van der Waals surface area (Å²) in [6, 6.07) is 11.3. The van der Waals surface area contributed by atoms with Crippen molar-refractivity contribution < 1.29 is 26.0 Å². The first-order valence-corrected chi connectivity index (χ1v) is 13.0. The van der Waals surface area contributed by atoms with Gasteiger partial charge in [-0.15, -0.1) is 0 Å². The number of rotatable bonds is 7. The number of nitrogens with one attached hydrogen (secondary N) is 1. The summed E-state index contributed by atoms with van der Waals surface area (Å²) in [5, 5.41) is -0.868. The lowest BCUT2D eigenvalue weighted by molar-refractivity contribution is -0.131. The van der Waals surface area contributed by atoms with Gasteiger partial charge in [-0.1, -0.05) is 29.8 Å². The van der Waals surface area contributed by atoms with Crippen molar-refractivity contribution in [1.82, 2.24) is 9.62 Å². The Kier molecular flexibility index (Phi) is 7.35. The Morgan fingerprint density at radius 2 is 1.68 bits per heavy atom. The van der Waals surface area contributed by atoms with Crippen molar-refractivity contribution in [3.8, 4) is 0 Å². The summed E-state index contributed by atoms with van der Waals surface area (Å²) in [5.74, 6) is -0.996. The zero-order chi connectivity index (χ0) is 22.6. The van der Waals surface area contributed by atoms with Crippen LogP contribution in [0.4, 0.5) is 4.39 Å². The Bertz CT molecular complexity index is 1150. The monoisotopic (exact) mass is 488 g/mol. The van der Waals surface area contributed by atoms with Crippen LogP contribution in [0.15, 0.2) is 58.3 Å². The summed E-state index contributed by atoms with van der Waals surface area (Å²) >= 11 is 5.62. The quantitative estimate of drug-likeness (QED) is 0.645. The van der Waals surface area contributed by atoms with E-state index >= 15 is 0 Å². The van der Waals surface area contributed by atoms with E-state index in [2.05, 4.69) is 4.72 Å². The number of sulfonamides is 1. The second kappa shape index (κ2) is 9.64. The van der Waals surface area contributed by atoms with Crippen molar-refractivity contribution in [3.05, 3.63) is 59.4 Å². The van der Waals surface area contributed by atoms with Crippen LogP contribution in [-0.2, 0) is 24.7 Å². The summed E-state index contributed by atoms with van der Waals surface area (Å²) in [4.78, 5) is 14.0. The molecule has 0 aromatic heterocycles. The molecule has 1 aliphatic rings. The van der Waals surface area contributed by atoms with Gasteiger partial charge in [-0.2, -0.15) is 0 Å². The van der Waals surface area contributed by atoms with E-state index < -0.39 is 30.9 Å². The lowest BCUT2D eigenvalue weighted by atomic mass is 10.1. The van der Waals surface area contributed by atoms with Crippen molar-refractivity contribution in [3.63, 3.8) is 0 Å². The highest BCUT2D eigenvalue weighted by Gasteiger charge is 2.32. The molecule has 0 saturated carbocycles. The molecular formula is C20H22ClFN2O5S2. The first kappa shape index (κ1) is 23.6. The second-order valence-electron chi connectivity index (χ2n) is 7.16. The third-order valence-corrected chi connectivity index (χ3v) is 9.16. The van der Waals surface area contributed by atoms with Gasteiger partial charge in [0.1, 0.15) is 5.82 Å². The molecule has 0 spiro atoms. The minimum absolute atomic E-state index is 0.0791. The summed E-state index contributed by atoms with van der Waals surface area (Å²) in [7, 11) is -7.39. The molecule has 31 heavy (non-hydrogen) atoms. The maximum Gasteiger partial charge on any atom is 0.240 e. The van der Waals surface area contributed by atoms with Gasteiger partial charge in [0.15, 0.2) is 9.84 Å². The molecule has 1 fully saturated rings. The number of likely N-dealkylation sites (tertiary alicyclic amines) is 1. The zero-order valence-corrected chi connectivity index (χ0v) is 18.9. The Labute approximate surface area is 186 Å². The van der Waals surface area contributed by atoms with Gasteiger partial charge in [-0.3, -0.25) is 4.79 Å². The van der Waals surface area contributed by atoms with Crippen LogP contribution in [0.25, 0.3) is 0 Å². The summed E-state index contributed by atoms with van der Waals surface area (Å²) < 4.78 is 65.4. The van der Waals surface area contributed by atoms with Crippen LogP contribution in [0, 0.1) is 5.82 Å². The van der Waals surface area contributed by atoms with Crippen LogP contribution in [-0.4, -0.2) is 52.5 Å². The molecule has 2 aromatic carbocycles. The van der Waals surface area contributed by atoms with Crippen molar-refractivity contribution in [2.45, 2.75) is 34.3 Å². The number of hydrogen-bond donors (Lipinski definition) is 1. The van der Waals surface area contributed by atoms with Crippen molar-refractivity contribution >= 4 is 37.4 Å². The van der Waals surface area contributed by atoms with Gasteiger partial charge >= 0.3 is 0 Å². The van der Waals surface area contributed by atoms with Gasteiger partial charge in [0, 0.05) is 26.1 Å². The molecule has 0 radical (unpaired) electrons. The predicted octanol–water partition coefficient (Wildman–Crippen LogP) is 2.61. The third-order valence-electron chi connectivity index (χ3n) is 5.14. The van der Waals surface area contributed by atoms with Gasteiger partial charge in [0.2, 0.25) is 15.9 Å². The Morgan fingerprint density at radius 3 is 2.29 bits per heavy atom. The van der Waals surface area contributed by atoms with Crippen LogP contribution in [0.3, 0.4) is 0 Å². The van der Waals surface area contributed by atoms with Crippen molar-refractivity contribution in [1.29, 1.82) is 0 Å². The second-order valence-corrected chi connectivity index (χ2v) is 11.6. The number of nitrogens with zero attached hydrogens (tertiary/aromatic N) is 1. The standard InChI is InChI=1S/C20H22ClFN2O5S2/c21-18-14-17(6-7-19(18)22)31(28,29)23-11-8-20(25)24-12-9-16(10-13-24)30(26,27)15-4-2-1-3-5-15/h1-7,14,16,23H,8-13H2. The number of benzene rings is 2. The van der Waals surface area contributed by atoms with Gasteiger partial charge in [-0.05, 0) is 43.2 Å². The van der Waals surface area contributed by atoms with Crippen LogP contribution >= 0.6 is 11.6 Å². The van der Waals surface area contributed by atoms with E-state index in [-0.39, 0.29) is 46.8 Å². The predicted molar refractivity (Wildman–Crippen MR) is 114 cm³/mol. The van der Waals surface area contributed by atoms with E-state index in [0.717, 1.165) is 18.2 Å². The lowest BCUT2D eigenvalue weighted by Crippen LogP contribution is -2.43. The zero-order valence-electron chi connectivity index (χ0n) is 16.5. The lowest BCUT2D eigenvalue weighted by Gasteiger charge is -2.31. The molecule has 0 aliphatic carbocycles. The van der Waals surface area contributed by atoms with Crippen LogP contribution in [0.2, 0.25) is 5.02 Å². The Balaban J connectivity index is 1.51.